The number of aryl methyl sites for hydroxylation is 2. The zero-order chi connectivity index (χ0) is 11.8. The second-order valence-electron chi connectivity index (χ2n) is 5.08. The van der Waals surface area contributed by atoms with Gasteiger partial charge in [-0.25, -0.2) is 0 Å². The second-order valence-corrected chi connectivity index (χ2v) is 5.87. The molecule has 1 fully saturated rings. The van der Waals surface area contributed by atoms with E-state index in [-0.39, 0.29) is 0 Å². The molecule has 1 aromatic heterocycles. The van der Waals surface area contributed by atoms with Crippen molar-refractivity contribution < 1.29 is 0 Å². The fourth-order valence-corrected chi connectivity index (χ4v) is 2.33. The van der Waals surface area contributed by atoms with Gasteiger partial charge in [0.05, 0.1) is 15.9 Å². The number of aromatic nitrogens is 2. The molecule has 0 saturated heterocycles. The Hall–Kier alpha value is -0.350. The van der Waals surface area contributed by atoms with E-state index >= 15 is 0 Å². The van der Waals surface area contributed by atoms with Gasteiger partial charge < -0.3 is 5.32 Å². The molecule has 0 amide bonds. The first-order valence-electron chi connectivity index (χ1n) is 5.98. The van der Waals surface area contributed by atoms with Crippen LogP contribution in [0.3, 0.4) is 0 Å². The molecule has 90 valence electrons. The molecule has 1 aliphatic rings. The van der Waals surface area contributed by atoms with Gasteiger partial charge in [-0.15, -0.1) is 0 Å². The topological polar surface area (TPSA) is 29.9 Å². The van der Waals surface area contributed by atoms with Crippen LogP contribution in [-0.4, -0.2) is 16.3 Å². The lowest BCUT2D eigenvalue weighted by molar-refractivity contribution is 0.484. The average Bonchev–Trinajstić information content (AvgIpc) is 2.92. The minimum atomic E-state index is 0.568. The predicted molar refractivity (Wildman–Crippen MR) is 69.4 cm³/mol. The van der Waals surface area contributed by atoms with Crippen molar-refractivity contribution in [3.8, 4) is 0 Å². The first-order chi connectivity index (χ1) is 7.56. The molecule has 0 aromatic carbocycles. The van der Waals surface area contributed by atoms with Crippen LogP contribution in [0.5, 0.6) is 0 Å². The van der Waals surface area contributed by atoms with E-state index in [0.29, 0.717) is 5.41 Å². The van der Waals surface area contributed by atoms with Crippen LogP contribution >= 0.6 is 15.9 Å². The predicted octanol–water partition coefficient (Wildman–Crippen LogP) is 2.86. The lowest BCUT2D eigenvalue weighted by Crippen LogP contribution is -2.23. The molecule has 1 heterocycles. The Morgan fingerprint density at radius 1 is 1.50 bits per heavy atom. The molecule has 0 aliphatic heterocycles. The molecular weight excluding hydrogens is 266 g/mol. The largest absolute Gasteiger partial charge is 0.311 e. The van der Waals surface area contributed by atoms with E-state index < -0.39 is 0 Å². The van der Waals surface area contributed by atoms with E-state index in [1.165, 1.54) is 18.5 Å². The van der Waals surface area contributed by atoms with Crippen LogP contribution in [0.15, 0.2) is 4.47 Å². The molecule has 0 radical (unpaired) electrons. The van der Waals surface area contributed by atoms with Crippen LogP contribution < -0.4 is 5.32 Å². The molecule has 1 aliphatic carbocycles. The standard InChI is InChI=1S/C12H20BrN3/c1-4-16-10(11(13)9(2)15-16)7-14-8-12(3)5-6-12/h14H,4-8H2,1-3H3. The summed E-state index contributed by atoms with van der Waals surface area (Å²) in [5, 5.41) is 8.03. The highest BCUT2D eigenvalue weighted by Gasteiger charge is 2.36. The number of nitrogens with one attached hydrogen (secondary N) is 1. The summed E-state index contributed by atoms with van der Waals surface area (Å²) >= 11 is 3.61. The maximum Gasteiger partial charge on any atom is 0.0739 e. The molecule has 1 saturated carbocycles. The molecule has 0 spiro atoms. The van der Waals surface area contributed by atoms with E-state index in [4.69, 9.17) is 0 Å². The molecule has 2 rings (SSSR count). The maximum absolute atomic E-state index is 4.49. The van der Waals surface area contributed by atoms with E-state index in [9.17, 15) is 0 Å². The van der Waals surface area contributed by atoms with Crippen molar-refractivity contribution >= 4 is 15.9 Å². The highest BCUT2D eigenvalue weighted by Crippen LogP contribution is 2.44. The van der Waals surface area contributed by atoms with Crippen molar-refractivity contribution in [1.29, 1.82) is 0 Å². The van der Waals surface area contributed by atoms with Crippen molar-refractivity contribution in [1.82, 2.24) is 15.1 Å². The molecule has 0 bridgehead atoms. The quantitative estimate of drug-likeness (QED) is 0.902. The van der Waals surface area contributed by atoms with Gasteiger partial charge in [0.2, 0.25) is 0 Å². The van der Waals surface area contributed by atoms with E-state index in [1.807, 2.05) is 6.92 Å². The van der Waals surface area contributed by atoms with Gasteiger partial charge >= 0.3 is 0 Å². The maximum atomic E-state index is 4.49. The summed E-state index contributed by atoms with van der Waals surface area (Å²) in [6.07, 6.45) is 2.74. The number of halogens is 1. The zero-order valence-electron chi connectivity index (χ0n) is 10.3. The van der Waals surface area contributed by atoms with Gasteiger partial charge in [-0.3, -0.25) is 4.68 Å². The summed E-state index contributed by atoms with van der Waals surface area (Å²) in [5.41, 5.74) is 2.92. The first kappa shape index (κ1) is 12.1. The van der Waals surface area contributed by atoms with Gasteiger partial charge in [0.1, 0.15) is 0 Å². The summed E-state index contributed by atoms with van der Waals surface area (Å²) in [6, 6.07) is 0. The smallest absolute Gasteiger partial charge is 0.0739 e. The Kier molecular flexibility index (Phi) is 3.40. The fourth-order valence-electron chi connectivity index (χ4n) is 1.91. The molecule has 1 N–H and O–H groups in total. The summed E-state index contributed by atoms with van der Waals surface area (Å²) in [5.74, 6) is 0. The zero-order valence-corrected chi connectivity index (χ0v) is 11.9. The fraction of sp³-hybridized carbons (Fsp3) is 0.750. The van der Waals surface area contributed by atoms with Gasteiger partial charge in [0.25, 0.3) is 0 Å². The first-order valence-corrected chi connectivity index (χ1v) is 6.77. The Morgan fingerprint density at radius 3 is 2.75 bits per heavy atom. The summed E-state index contributed by atoms with van der Waals surface area (Å²) < 4.78 is 3.23. The van der Waals surface area contributed by atoms with Crippen LogP contribution in [0.4, 0.5) is 0 Å². The van der Waals surface area contributed by atoms with Gasteiger partial charge in [-0.1, -0.05) is 6.92 Å². The van der Waals surface area contributed by atoms with Crippen LogP contribution in [0, 0.1) is 12.3 Å². The molecular formula is C12H20BrN3. The van der Waals surface area contributed by atoms with Gasteiger partial charge in [0, 0.05) is 19.6 Å². The van der Waals surface area contributed by atoms with E-state index in [2.05, 4.69) is 44.9 Å². The summed E-state index contributed by atoms with van der Waals surface area (Å²) in [4.78, 5) is 0. The third-order valence-electron chi connectivity index (χ3n) is 3.40. The van der Waals surface area contributed by atoms with Crippen LogP contribution in [0.1, 0.15) is 38.1 Å². The minimum Gasteiger partial charge on any atom is -0.311 e. The van der Waals surface area contributed by atoms with Crippen molar-refractivity contribution in [2.75, 3.05) is 6.54 Å². The molecule has 0 atom stereocenters. The van der Waals surface area contributed by atoms with Crippen molar-refractivity contribution in [2.45, 2.75) is 46.7 Å². The van der Waals surface area contributed by atoms with E-state index in [0.717, 1.165) is 29.8 Å². The Morgan fingerprint density at radius 2 is 2.19 bits per heavy atom. The number of nitrogens with zero attached hydrogens (tertiary/aromatic N) is 2. The minimum absolute atomic E-state index is 0.568. The van der Waals surface area contributed by atoms with Gasteiger partial charge in [-0.2, -0.15) is 5.10 Å². The summed E-state index contributed by atoms with van der Waals surface area (Å²) in [7, 11) is 0. The Balaban J connectivity index is 1.97. The Labute approximate surface area is 106 Å². The second kappa shape index (κ2) is 4.49. The lowest BCUT2D eigenvalue weighted by Gasteiger charge is -2.11. The third kappa shape index (κ3) is 2.48. The number of hydrogen-bond acceptors (Lipinski definition) is 2. The van der Waals surface area contributed by atoms with Crippen molar-refractivity contribution in [3.05, 3.63) is 15.9 Å². The number of rotatable bonds is 5. The molecule has 4 heteroatoms. The van der Waals surface area contributed by atoms with Gasteiger partial charge in [0.15, 0.2) is 0 Å². The highest BCUT2D eigenvalue weighted by atomic mass is 79.9. The average molecular weight is 286 g/mol. The molecule has 3 nitrogen and oxygen atoms in total. The molecule has 1 aromatic rings. The molecule has 0 unspecified atom stereocenters. The van der Waals surface area contributed by atoms with Crippen LogP contribution in [-0.2, 0) is 13.1 Å². The third-order valence-corrected chi connectivity index (χ3v) is 4.43. The number of hydrogen-bond donors (Lipinski definition) is 1. The van der Waals surface area contributed by atoms with Crippen molar-refractivity contribution in [2.24, 2.45) is 5.41 Å². The summed E-state index contributed by atoms with van der Waals surface area (Å²) in [6.45, 7) is 9.48. The van der Waals surface area contributed by atoms with Crippen molar-refractivity contribution in [3.63, 3.8) is 0 Å². The van der Waals surface area contributed by atoms with Crippen LogP contribution in [0.25, 0.3) is 0 Å². The van der Waals surface area contributed by atoms with Crippen LogP contribution in [0.2, 0.25) is 0 Å². The Bertz CT molecular complexity index is 380. The lowest BCUT2D eigenvalue weighted by atomic mass is 10.1. The van der Waals surface area contributed by atoms with E-state index in [1.54, 1.807) is 0 Å². The normalized spacial score (nSPS) is 17.8. The molecule has 16 heavy (non-hydrogen) atoms. The SMILES string of the molecule is CCn1nc(C)c(Br)c1CNCC1(C)CC1. The monoisotopic (exact) mass is 285 g/mol. The van der Waals surface area contributed by atoms with Gasteiger partial charge in [-0.05, 0) is 48.0 Å². The highest BCUT2D eigenvalue weighted by molar-refractivity contribution is 9.10.